The highest BCUT2D eigenvalue weighted by Gasteiger charge is 2.16. The van der Waals surface area contributed by atoms with Gasteiger partial charge in [0.05, 0.1) is 16.1 Å². The van der Waals surface area contributed by atoms with Crippen LogP contribution in [-0.4, -0.2) is 24.5 Å². The van der Waals surface area contributed by atoms with Crippen molar-refractivity contribution in [2.45, 2.75) is 26.8 Å². The summed E-state index contributed by atoms with van der Waals surface area (Å²) < 4.78 is 0. The molecular weight excluding hydrogens is 319 g/mol. The van der Waals surface area contributed by atoms with Crippen LogP contribution >= 0.6 is 23.2 Å². The molecule has 22 heavy (non-hydrogen) atoms. The SMILES string of the molecule is CC(C)(C)CN=C(C#N)C(C#N)N=Cc1c(Cl)cccc1Cl. The first-order valence-corrected chi connectivity index (χ1v) is 7.35. The van der Waals surface area contributed by atoms with Crippen LogP contribution in [0.1, 0.15) is 26.3 Å². The van der Waals surface area contributed by atoms with Crippen LogP contribution < -0.4 is 0 Å². The van der Waals surface area contributed by atoms with Crippen LogP contribution in [0.5, 0.6) is 0 Å². The van der Waals surface area contributed by atoms with Gasteiger partial charge in [0.25, 0.3) is 0 Å². The maximum absolute atomic E-state index is 9.21. The highest BCUT2D eigenvalue weighted by Crippen LogP contribution is 2.22. The van der Waals surface area contributed by atoms with Crippen molar-refractivity contribution >= 4 is 35.1 Å². The summed E-state index contributed by atoms with van der Waals surface area (Å²) in [4.78, 5) is 8.29. The van der Waals surface area contributed by atoms with Gasteiger partial charge in [0.2, 0.25) is 0 Å². The van der Waals surface area contributed by atoms with Gasteiger partial charge in [-0.2, -0.15) is 10.5 Å². The van der Waals surface area contributed by atoms with Gasteiger partial charge in [-0.05, 0) is 17.5 Å². The van der Waals surface area contributed by atoms with E-state index in [0.717, 1.165) is 0 Å². The average molecular weight is 335 g/mol. The fourth-order valence-corrected chi connectivity index (χ4v) is 1.95. The largest absolute Gasteiger partial charge is 0.275 e. The van der Waals surface area contributed by atoms with E-state index in [0.29, 0.717) is 22.2 Å². The molecule has 1 unspecified atom stereocenters. The molecule has 0 bridgehead atoms. The Morgan fingerprint density at radius 3 is 2.32 bits per heavy atom. The van der Waals surface area contributed by atoms with E-state index in [2.05, 4.69) is 9.98 Å². The van der Waals surface area contributed by atoms with Gasteiger partial charge in [-0.15, -0.1) is 0 Å². The van der Waals surface area contributed by atoms with E-state index in [1.807, 2.05) is 32.9 Å². The van der Waals surface area contributed by atoms with Crippen LogP contribution in [0.25, 0.3) is 0 Å². The summed E-state index contributed by atoms with van der Waals surface area (Å²) in [5.74, 6) is 0. The number of hydrogen-bond acceptors (Lipinski definition) is 4. The fourth-order valence-electron chi connectivity index (χ4n) is 1.45. The summed E-state index contributed by atoms with van der Waals surface area (Å²) in [6.07, 6.45) is 1.41. The minimum Gasteiger partial charge on any atom is -0.275 e. The van der Waals surface area contributed by atoms with Crippen molar-refractivity contribution in [2.75, 3.05) is 6.54 Å². The zero-order valence-electron chi connectivity index (χ0n) is 12.6. The molecule has 114 valence electrons. The van der Waals surface area contributed by atoms with Gasteiger partial charge in [-0.1, -0.05) is 50.0 Å². The predicted molar refractivity (Wildman–Crippen MR) is 90.8 cm³/mol. The molecule has 0 fully saturated rings. The Labute approximate surface area is 140 Å². The molecule has 0 aliphatic heterocycles. The topological polar surface area (TPSA) is 72.3 Å². The second-order valence-corrected chi connectivity index (χ2v) is 6.63. The fraction of sp³-hybridized carbons (Fsp3) is 0.375. The van der Waals surface area contributed by atoms with Crippen LogP contribution in [0, 0.1) is 28.1 Å². The van der Waals surface area contributed by atoms with Gasteiger partial charge < -0.3 is 0 Å². The molecule has 1 atom stereocenters. The van der Waals surface area contributed by atoms with Gasteiger partial charge >= 0.3 is 0 Å². The van der Waals surface area contributed by atoms with Crippen LogP contribution in [0.2, 0.25) is 10.0 Å². The monoisotopic (exact) mass is 334 g/mol. The first kappa shape index (κ1) is 18.2. The standard InChI is InChI=1S/C16H16Cl2N4/c1-16(2,3)10-22-15(8-20)14(7-19)21-9-11-12(17)5-4-6-13(11)18/h4-6,9,14H,10H2,1-3H3. The maximum Gasteiger partial charge on any atom is 0.187 e. The van der Waals surface area contributed by atoms with E-state index in [9.17, 15) is 10.5 Å². The van der Waals surface area contributed by atoms with Gasteiger partial charge in [0.1, 0.15) is 6.07 Å². The normalized spacial score (nSPS) is 13.7. The molecule has 0 radical (unpaired) electrons. The lowest BCUT2D eigenvalue weighted by molar-refractivity contribution is 0.429. The lowest BCUT2D eigenvalue weighted by Gasteiger charge is -2.14. The number of benzene rings is 1. The molecule has 1 aromatic carbocycles. The number of nitrogens with zero attached hydrogens (tertiary/aromatic N) is 4. The number of halogens is 2. The molecule has 0 aliphatic rings. The van der Waals surface area contributed by atoms with Crippen LogP contribution in [0.3, 0.4) is 0 Å². The van der Waals surface area contributed by atoms with Crippen LogP contribution in [0.4, 0.5) is 0 Å². The Hall–Kier alpha value is -1.88. The van der Waals surface area contributed by atoms with Gasteiger partial charge in [-0.25, -0.2) is 0 Å². The van der Waals surface area contributed by atoms with E-state index in [1.165, 1.54) is 6.21 Å². The zero-order valence-corrected chi connectivity index (χ0v) is 14.2. The van der Waals surface area contributed by atoms with Crippen LogP contribution in [0.15, 0.2) is 28.2 Å². The van der Waals surface area contributed by atoms with Crippen molar-refractivity contribution in [3.05, 3.63) is 33.8 Å². The molecule has 0 amide bonds. The predicted octanol–water partition coefficient (Wildman–Crippen LogP) is 4.32. The Morgan fingerprint density at radius 1 is 1.27 bits per heavy atom. The molecule has 1 aromatic rings. The van der Waals surface area contributed by atoms with Crippen molar-refractivity contribution in [3.63, 3.8) is 0 Å². The Kier molecular flexibility index (Phi) is 6.56. The third-order valence-electron chi connectivity index (χ3n) is 2.57. The molecule has 6 heteroatoms. The number of rotatable bonds is 4. The van der Waals surface area contributed by atoms with E-state index in [4.69, 9.17) is 23.2 Å². The van der Waals surface area contributed by atoms with Crippen molar-refractivity contribution in [2.24, 2.45) is 15.4 Å². The third-order valence-corrected chi connectivity index (χ3v) is 3.23. The van der Waals surface area contributed by atoms with Gasteiger partial charge in [0, 0.05) is 18.3 Å². The molecule has 1 rings (SSSR count). The van der Waals surface area contributed by atoms with Crippen molar-refractivity contribution < 1.29 is 0 Å². The second-order valence-electron chi connectivity index (χ2n) is 5.82. The highest BCUT2D eigenvalue weighted by molar-refractivity contribution is 6.38. The van der Waals surface area contributed by atoms with Crippen LogP contribution in [-0.2, 0) is 0 Å². The summed E-state index contributed by atoms with van der Waals surface area (Å²) in [6.45, 7) is 6.44. The van der Waals surface area contributed by atoms with E-state index in [1.54, 1.807) is 18.2 Å². The first-order chi connectivity index (χ1) is 10.3. The first-order valence-electron chi connectivity index (χ1n) is 6.60. The Balaban J connectivity index is 3.04. The second kappa shape index (κ2) is 7.94. The lowest BCUT2D eigenvalue weighted by atomic mass is 9.97. The maximum atomic E-state index is 9.21. The third kappa shape index (κ3) is 5.48. The molecule has 0 saturated carbocycles. The smallest absolute Gasteiger partial charge is 0.187 e. The minimum atomic E-state index is -0.973. The molecule has 4 nitrogen and oxygen atoms in total. The number of hydrogen-bond donors (Lipinski definition) is 0. The highest BCUT2D eigenvalue weighted by atomic mass is 35.5. The summed E-state index contributed by atoms with van der Waals surface area (Å²) in [5.41, 5.74) is 0.522. The van der Waals surface area contributed by atoms with Gasteiger partial charge in [0.15, 0.2) is 11.8 Å². The summed E-state index contributed by atoms with van der Waals surface area (Å²) in [5, 5.41) is 19.2. The molecule has 0 spiro atoms. The van der Waals surface area contributed by atoms with Gasteiger partial charge in [-0.3, -0.25) is 9.98 Å². The lowest BCUT2D eigenvalue weighted by Crippen LogP contribution is -2.19. The molecule has 0 saturated heterocycles. The molecule has 0 heterocycles. The van der Waals surface area contributed by atoms with E-state index < -0.39 is 6.04 Å². The summed E-state index contributed by atoms with van der Waals surface area (Å²) >= 11 is 12.1. The average Bonchev–Trinajstić information content (AvgIpc) is 2.43. The minimum absolute atomic E-state index is 0.0716. The summed E-state index contributed by atoms with van der Waals surface area (Å²) in [6, 6.07) is 8.00. The number of aliphatic imine (C=N–C) groups is 2. The Bertz CT molecular complexity index is 653. The number of nitriles is 2. The van der Waals surface area contributed by atoms with Crippen molar-refractivity contribution in [3.8, 4) is 12.1 Å². The molecule has 0 N–H and O–H groups in total. The molecular formula is C16H16Cl2N4. The van der Waals surface area contributed by atoms with E-state index >= 15 is 0 Å². The quantitative estimate of drug-likeness (QED) is 0.769. The van der Waals surface area contributed by atoms with E-state index in [-0.39, 0.29) is 11.1 Å². The summed E-state index contributed by atoms with van der Waals surface area (Å²) in [7, 11) is 0. The van der Waals surface area contributed by atoms with Crippen molar-refractivity contribution in [1.29, 1.82) is 10.5 Å². The Morgan fingerprint density at radius 2 is 1.86 bits per heavy atom. The zero-order chi connectivity index (χ0) is 16.8. The molecule has 0 aromatic heterocycles. The van der Waals surface area contributed by atoms with Crippen molar-refractivity contribution in [1.82, 2.24) is 0 Å². The molecule has 0 aliphatic carbocycles.